The Labute approximate surface area is 131 Å². The monoisotopic (exact) mass is 307 g/mol. The van der Waals surface area contributed by atoms with Crippen LogP contribution in [0.4, 0.5) is 11.5 Å². The number of ketones is 1. The maximum atomic E-state index is 12.7. The van der Waals surface area contributed by atoms with Crippen molar-refractivity contribution in [3.8, 4) is 0 Å². The molecule has 0 spiro atoms. The first-order valence-corrected chi connectivity index (χ1v) is 6.97. The molecule has 0 unspecified atom stereocenters. The minimum atomic E-state index is -0.646. The van der Waals surface area contributed by atoms with Crippen molar-refractivity contribution in [2.24, 2.45) is 0 Å². The lowest BCUT2D eigenvalue weighted by Crippen LogP contribution is -2.11. The molecule has 2 aromatic carbocycles. The lowest BCUT2D eigenvalue weighted by Gasteiger charge is -2.08. The van der Waals surface area contributed by atoms with Crippen LogP contribution >= 0.6 is 0 Å². The Morgan fingerprint density at radius 3 is 2.43 bits per heavy atom. The molecule has 23 heavy (non-hydrogen) atoms. The van der Waals surface area contributed by atoms with Gasteiger partial charge in [0.1, 0.15) is 5.56 Å². The zero-order valence-corrected chi connectivity index (χ0v) is 12.1. The minimum absolute atomic E-state index is 0.0157. The van der Waals surface area contributed by atoms with Crippen LogP contribution in [0.3, 0.4) is 0 Å². The number of hydrogen-bond donors (Lipinski definition) is 1. The summed E-state index contributed by atoms with van der Waals surface area (Å²) in [5.74, 6) is -0.599. The second-order valence-electron chi connectivity index (χ2n) is 5.08. The Balaban J connectivity index is 2.19. The molecule has 0 saturated carbocycles. The summed E-state index contributed by atoms with van der Waals surface area (Å²) in [6.45, 7) is 0. The molecule has 0 radical (unpaired) electrons. The molecule has 0 fully saturated rings. The number of benzene rings is 2. The topological polar surface area (TPSA) is 99.1 Å². The summed E-state index contributed by atoms with van der Waals surface area (Å²) >= 11 is 0. The van der Waals surface area contributed by atoms with Gasteiger partial charge in [0.25, 0.3) is 0 Å². The van der Waals surface area contributed by atoms with E-state index in [2.05, 4.69) is 4.98 Å². The number of pyridine rings is 1. The molecule has 1 aromatic heterocycles. The third-order valence-electron chi connectivity index (χ3n) is 3.56. The standard InChI is InChI=1S/C17H13N3O3/c18-17-16(20(22)23)15(12-8-4-5-9-13(12)19-17)14(21)10-11-6-2-1-3-7-11/h1-9H,10H2,(H2,18,19). The van der Waals surface area contributed by atoms with Gasteiger partial charge in [0.05, 0.1) is 10.4 Å². The fourth-order valence-electron chi connectivity index (χ4n) is 2.56. The maximum absolute atomic E-state index is 12.7. The highest BCUT2D eigenvalue weighted by Gasteiger charge is 2.27. The van der Waals surface area contributed by atoms with Crippen LogP contribution in [0.25, 0.3) is 10.9 Å². The SMILES string of the molecule is Nc1nc2ccccc2c(C(=O)Cc2ccccc2)c1[N+](=O)[O-]. The van der Waals surface area contributed by atoms with Crippen LogP contribution in [0.15, 0.2) is 54.6 Å². The smallest absolute Gasteiger partial charge is 0.322 e. The third-order valence-corrected chi connectivity index (χ3v) is 3.56. The lowest BCUT2D eigenvalue weighted by atomic mass is 9.98. The van der Waals surface area contributed by atoms with Crippen molar-refractivity contribution < 1.29 is 9.72 Å². The predicted molar refractivity (Wildman–Crippen MR) is 87.3 cm³/mol. The second-order valence-corrected chi connectivity index (χ2v) is 5.08. The van der Waals surface area contributed by atoms with Gasteiger partial charge in [-0.25, -0.2) is 4.98 Å². The van der Waals surface area contributed by atoms with Crippen LogP contribution in [0.1, 0.15) is 15.9 Å². The summed E-state index contributed by atoms with van der Waals surface area (Å²) in [4.78, 5) is 27.5. The molecule has 2 N–H and O–H groups in total. The summed E-state index contributed by atoms with van der Waals surface area (Å²) in [5.41, 5.74) is 6.55. The number of nitrogens with two attached hydrogens (primary N) is 1. The highest BCUT2D eigenvalue weighted by molar-refractivity contribution is 6.12. The normalized spacial score (nSPS) is 10.6. The summed E-state index contributed by atoms with van der Waals surface area (Å²) in [6, 6.07) is 15.9. The van der Waals surface area contributed by atoms with Gasteiger partial charge in [0.15, 0.2) is 5.78 Å². The average Bonchev–Trinajstić information content (AvgIpc) is 2.54. The highest BCUT2D eigenvalue weighted by Crippen LogP contribution is 2.32. The number of carbonyl (C=O) groups excluding carboxylic acids is 1. The fourth-order valence-corrected chi connectivity index (χ4v) is 2.56. The summed E-state index contributed by atoms with van der Waals surface area (Å²) in [5, 5.41) is 11.8. The number of nitrogen functional groups attached to an aromatic ring is 1. The van der Waals surface area contributed by atoms with E-state index in [0.717, 1.165) is 5.56 Å². The van der Waals surface area contributed by atoms with Gasteiger partial charge in [-0.2, -0.15) is 0 Å². The quantitative estimate of drug-likeness (QED) is 0.453. The van der Waals surface area contributed by atoms with Crippen LogP contribution in [-0.4, -0.2) is 15.7 Å². The number of fused-ring (bicyclic) bond motifs is 1. The number of aromatic nitrogens is 1. The van der Waals surface area contributed by atoms with Crippen molar-refractivity contribution in [2.45, 2.75) is 6.42 Å². The number of carbonyl (C=O) groups is 1. The van der Waals surface area contributed by atoms with Crippen LogP contribution in [-0.2, 0) is 6.42 Å². The Bertz CT molecular complexity index is 908. The van der Waals surface area contributed by atoms with Crippen LogP contribution in [0.5, 0.6) is 0 Å². The summed E-state index contributed by atoms with van der Waals surface area (Å²) in [6.07, 6.45) is 0.0646. The Kier molecular flexibility index (Phi) is 3.72. The molecule has 0 aliphatic carbocycles. The number of hydrogen-bond acceptors (Lipinski definition) is 5. The molecule has 0 bridgehead atoms. The summed E-state index contributed by atoms with van der Waals surface area (Å²) < 4.78 is 0. The molecule has 0 amide bonds. The van der Waals surface area contributed by atoms with E-state index in [1.807, 2.05) is 18.2 Å². The van der Waals surface area contributed by atoms with Gasteiger partial charge in [-0.3, -0.25) is 14.9 Å². The third kappa shape index (κ3) is 2.74. The van der Waals surface area contributed by atoms with E-state index >= 15 is 0 Å². The molecular formula is C17H13N3O3. The first-order valence-electron chi connectivity index (χ1n) is 6.97. The number of anilines is 1. The molecule has 1 heterocycles. The molecule has 0 aliphatic rings. The first kappa shape index (κ1) is 14.6. The van der Waals surface area contributed by atoms with Crippen molar-refractivity contribution >= 4 is 28.2 Å². The van der Waals surface area contributed by atoms with Gasteiger partial charge in [-0.05, 0) is 11.6 Å². The van der Waals surface area contributed by atoms with Gasteiger partial charge in [-0.15, -0.1) is 0 Å². The first-order chi connectivity index (χ1) is 11.1. The Morgan fingerprint density at radius 1 is 1.09 bits per heavy atom. The van der Waals surface area contributed by atoms with E-state index < -0.39 is 10.6 Å². The Morgan fingerprint density at radius 2 is 1.74 bits per heavy atom. The molecule has 6 heteroatoms. The van der Waals surface area contributed by atoms with Crippen molar-refractivity contribution in [2.75, 3.05) is 5.73 Å². The Hall–Kier alpha value is -3.28. The number of nitrogens with zero attached hydrogens (tertiary/aromatic N) is 2. The lowest BCUT2D eigenvalue weighted by molar-refractivity contribution is -0.384. The zero-order chi connectivity index (χ0) is 16.4. The second kappa shape index (κ2) is 5.84. The maximum Gasteiger partial charge on any atom is 0.322 e. The van der Waals surface area contributed by atoms with Crippen molar-refractivity contribution in [3.63, 3.8) is 0 Å². The van der Waals surface area contributed by atoms with Crippen molar-refractivity contribution in [1.29, 1.82) is 0 Å². The number of Topliss-reactive ketones (excluding diaryl/α,β-unsaturated/α-hetero) is 1. The molecular weight excluding hydrogens is 294 g/mol. The zero-order valence-electron chi connectivity index (χ0n) is 12.1. The predicted octanol–water partition coefficient (Wildman–Crippen LogP) is 3.15. The minimum Gasteiger partial charge on any atom is -0.378 e. The van der Waals surface area contributed by atoms with E-state index in [4.69, 9.17) is 5.73 Å². The van der Waals surface area contributed by atoms with Gasteiger partial charge in [0.2, 0.25) is 5.82 Å². The number of rotatable bonds is 4. The molecule has 0 saturated heterocycles. The molecule has 0 atom stereocenters. The van der Waals surface area contributed by atoms with Gasteiger partial charge < -0.3 is 5.73 Å². The van der Waals surface area contributed by atoms with E-state index in [1.54, 1.807) is 36.4 Å². The highest BCUT2D eigenvalue weighted by atomic mass is 16.6. The molecule has 114 valence electrons. The van der Waals surface area contributed by atoms with E-state index in [1.165, 1.54) is 0 Å². The van der Waals surface area contributed by atoms with E-state index in [-0.39, 0.29) is 23.6 Å². The van der Waals surface area contributed by atoms with E-state index in [9.17, 15) is 14.9 Å². The summed E-state index contributed by atoms with van der Waals surface area (Å²) in [7, 11) is 0. The van der Waals surface area contributed by atoms with Gasteiger partial charge >= 0.3 is 5.69 Å². The number of nitro groups is 1. The van der Waals surface area contributed by atoms with Crippen LogP contribution < -0.4 is 5.73 Å². The van der Waals surface area contributed by atoms with Crippen molar-refractivity contribution in [1.82, 2.24) is 4.98 Å². The molecule has 6 nitrogen and oxygen atoms in total. The van der Waals surface area contributed by atoms with Gasteiger partial charge in [-0.1, -0.05) is 48.5 Å². The molecule has 0 aliphatic heterocycles. The fraction of sp³-hybridized carbons (Fsp3) is 0.0588. The molecule has 3 aromatic rings. The largest absolute Gasteiger partial charge is 0.378 e. The van der Waals surface area contributed by atoms with Crippen LogP contribution in [0.2, 0.25) is 0 Å². The number of para-hydroxylation sites is 1. The average molecular weight is 307 g/mol. The van der Waals surface area contributed by atoms with E-state index in [0.29, 0.717) is 10.9 Å². The molecule has 3 rings (SSSR count). The van der Waals surface area contributed by atoms with Gasteiger partial charge in [0, 0.05) is 11.8 Å². The van der Waals surface area contributed by atoms with Crippen LogP contribution in [0, 0.1) is 10.1 Å². The van der Waals surface area contributed by atoms with Crippen molar-refractivity contribution in [3.05, 3.63) is 75.8 Å².